The number of hydrogen-bond donors (Lipinski definition) is 0. The maximum absolute atomic E-state index is 5.85. The summed E-state index contributed by atoms with van der Waals surface area (Å²) >= 11 is 0. The highest BCUT2D eigenvalue weighted by molar-refractivity contribution is 5.51. The van der Waals surface area contributed by atoms with Gasteiger partial charge < -0.3 is 9.14 Å². The minimum Gasteiger partial charge on any atom is -0.472 e. The molecule has 2 heterocycles. The summed E-state index contributed by atoms with van der Waals surface area (Å²) in [6, 6.07) is 0. The van der Waals surface area contributed by atoms with Crippen LogP contribution < -0.4 is 4.74 Å². The van der Waals surface area contributed by atoms with E-state index in [-0.39, 0.29) is 0 Å². The number of ether oxygens (including phenoxy) is 1. The molecule has 0 aromatic carbocycles. The van der Waals surface area contributed by atoms with Gasteiger partial charge in [0, 0.05) is 12.4 Å². The van der Waals surface area contributed by atoms with Crippen LogP contribution in [0.2, 0.25) is 0 Å². The topological polar surface area (TPSA) is 39.4 Å². The van der Waals surface area contributed by atoms with Crippen LogP contribution in [0.4, 0.5) is 0 Å². The summed E-state index contributed by atoms with van der Waals surface area (Å²) < 4.78 is 7.87. The highest BCUT2D eigenvalue weighted by Crippen LogP contribution is 2.29. The average molecular weight is 231 g/mol. The van der Waals surface area contributed by atoms with E-state index in [1.54, 1.807) is 0 Å². The SMILES string of the molecule is Cc1cn2cc(C(C)C)nc(OC3CC3)c2n1. The number of aryl methyl sites for hydroxylation is 1. The molecule has 0 spiro atoms. The lowest BCUT2D eigenvalue weighted by Crippen LogP contribution is -2.05. The van der Waals surface area contributed by atoms with Crippen molar-refractivity contribution < 1.29 is 4.74 Å². The van der Waals surface area contributed by atoms with Crippen LogP contribution in [0.15, 0.2) is 12.4 Å². The Morgan fingerprint density at radius 2 is 2.06 bits per heavy atom. The van der Waals surface area contributed by atoms with Gasteiger partial charge in [0.2, 0.25) is 5.65 Å². The summed E-state index contributed by atoms with van der Waals surface area (Å²) in [5, 5.41) is 0. The zero-order valence-corrected chi connectivity index (χ0v) is 10.5. The molecule has 4 nitrogen and oxygen atoms in total. The Morgan fingerprint density at radius 3 is 2.71 bits per heavy atom. The van der Waals surface area contributed by atoms with Gasteiger partial charge in [-0.05, 0) is 25.7 Å². The van der Waals surface area contributed by atoms with E-state index >= 15 is 0 Å². The Hall–Kier alpha value is -1.58. The summed E-state index contributed by atoms with van der Waals surface area (Å²) in [5.41, 5.74) is 2.87. The Kier molecular flexibility index (Phi) is 2.31. The number of rotatable bonds is 3. The second kappa shape index (κ2) is 3.72. The highest BCUT2D eigenvalue weighted by Gasteiger charge is 2.26. The zero-order valence-electron chi connectivity index (χ0n) is 10.5. The first-order chi connectivity index (χ1) is 8.13. The normalized spacial score (nSPS) is 15.8. The molecular formula is C13H17N3O. The van der Waals surface area contributed by atoms with Crippen molar-refractivity contribution in [1.29, 1.82) is 0 Å². The quantitative estimate of drug-likeness (QED) is 0.815. The fraction of sp³-hybridized carbons (Fsp3) is 0.538. The lowest BCUT2D eigenvalue weighted by Gasteiger charge is -2.10. The van der Waals surface area contributed by atoms with E-state index in [0.29, 0.717) is 17.9 Å². The van der Waals surface area contributed by atoms with Crippen LogP contribution in [-0.2, 0) is 0 Å². The van der Waals surface area contributed by atoms with E-state index in [4.69, 9.17) is 4.74 Å². The number of imidazole rings is 1. The van der Waals surface area contributed by atoms with Gasteiger partial charge in [-0.3, -0.25) is 0 Å². The molecule has 4 heteroatoms. The Bertz CT molecular complexity index is 555. The van der Waals surface area contributed by atoms with Crippen molar-refractivity contribution in [1.82, 2.24) is 14.4 Å². The molecular weight excluding hydrogens is 214 g/mol. The van der Waals surface area contributed by atoms with E-state index in [1.165, 1.54) is 0 Å². The fourth-order valence-electron chi connectivity index (χ4n) is 1.81. The van der Waals surface area contributed by atoms with Crippen molar-refractivity contribution in [3.8, 4) is 5.88 Å². The third kappa shape index (κ3) is 1.99. The van der Waals surface area contributed by atoms with E-state index in [0.717, 1.165) is 29.9 Å². The maximum Gasteiger partial charge on any atom is 0.258 e. The van der Waals surface area contributed by atoms with Gasteiger partial charge in [-0.25, -0.2) is 9.97 Å². The average Bonchev–Trinajstić information content (AvgIpc) is 2.98. The van der Waals surface area contributed by atoms with Gasteiger partial charge in [0.15, 0.2) is 0 Å². The smallest absolute Gasteiger partial charge is 0.258 e. The first-order valence-electron chi connectivity index (χ1n) is 6.16. The van der Waals surface area contributed by atoms with Gasteiger partial charge in [-0.2, -0.15) is 0 Å². The predicted octanol–water partition coefficient (Wildman–Crippen LogP) is 2.70. The molecule has 1 saturated carbocycles. The molecule has 1 aliphatic carbocycles. The Labute approximate surface area is 101 Å². The fourth-order valence-corrected chi connectivity index (χ4v) is 1.81. The molecule has 3 rings (SSSR count). The Morgan fingerprint density at radius 1 is 1.29 bits per heavy atom. The van der Waals surface area contributed by atoms with Crippen LogP contribution in [0.1, 0.15) is 44.0 Å². The van der Waals surface area contributed by atoms with Crippen LogP contribution in [0.3, 0.4) is 0 Å². The number of hydrogen-bond acceptors (Lipinski definition) is 3. The van der Waals surface area contributed by atoms with Gasteiger partial charge in [0.05, 0.1) is 11.4 Å². The molecule has 0 aliphatic heterocycles. The number of aromatic nitrogens is 3. The third-order valence-corrected chi connectivity index (χ3v) is 2.94. The molecule has 0 radical (unpaired) electrons. The molecule has 0 atom stereocenters. The van der Waals surface area contributed by atoms with Crippen LogP contribution >= 0.6 is 0 Å². The van der Waals surface area contributed by atoms with Crippen LogP contribution in [0.25, 0.3) is 5.65 Å². The van der Waals surface area contributed by atoms with E-state index < -0.39 is 0 Å². The molecule has 0 saturated heterocycles. The number of nitrogens with zero attached hydrogens (tertiary/aromatic N) is 3. The standard InChI is InChI=1S/C13H17N3O/c1-8(2)11-7-16-6-9(3)14-12(16)13(15-11)17-10-4-5-10/h6-8,10H,4-5H2,1-3H3. The van der Waals surface area contributed by atoms with Crippen molar-refractivity contribution in [2.45, 2.75) is 45.6 Å². The second-order valence-electron chi connectivity index (χ2n) is 5.06. The van der Waals surface area contributed by atoms with Crippen molar-refractivity contribution in [2.75, 3.05) is 0 Å². The monoisotopic (exact) mass is 231 g/mol. The molecule has 1 aliphatic rings. The van der Waals surface area contributed by atoms with Gasteiger partial charge in [0.25, 0.3) is 5.88 Å². The predicted molar refractivity (Wildman–Crippen MR) is 65.5 cm³/mol. The second-order valence-corrected chi connectivity index (χ2v) is 5.06. The molecule has 0 bridgehead atoms. The first kappa shape index (κ1) is 10.6. The lowest BCUT2D eigenvalue weighted by molar-refractivity contribution is 0.291. The molecule has 0 unspecified atom stereocenters. The van der Waals surface area contributed by atoms with Crippen LogP contribution in [-0.4, -0.2) is 20.5 Å². The highest BCUT2D eigenvalue weighted by atomic mass is 16.5. The van der Waals surface area contributed by atoms with Gasteiger partial charge in [-0.1, -0.05) is 13.8 Å². The first-order valence-corrected chi connectivity index (χ1v) is 6.16. The molecule has 0 amide bonds. The van der Waals surface area contributed by atoms with Gasteiger partial charge in [0.1, 0.15) is 6.10 Å². The van der Waals surface area contributed by atoms with E-state index in [9.17, 15) is 0 Å². The van der Waals surface area contributed by atoms with Crippen LogP contribution in [0, 0.1) is 6.92 Å². The van der Waals surface area contributed by atoms with Crippen molar-refractivity contribution in [3.05, 3.63) is 23.8 Å². The molecule has 2 aromatic rings. The summed E-state index contributed by atoms with van der Waals surface area (Å²) in [4.78, 5) is 9.06. The molecule has 2 aromatic heterocycles. The largest absolute Gasteiger partial charge is 0.472 e. The van der Waals surface area contributed by atoms with E-state index in [2.05, 4.69) is 23.8 Å². The summed E-state index contributed by atoms with van der Waals surface area (Å²) in [5.74, 6) is 1.08. The van der Waals surface area contributed by atoms with Crippen molar-refractivity contribution in [3.63, 3.8) is 0 Å². The van der Waals surface area contributed by atoms with Gasteiger partial charge in [-0.15, -0.1) is 0 Å². The molecule has 17 heavy (non-hydrogen) atoms. The third-order valence-electron chi connectivity index (χ3n) is 2.94. The zero-order chi connectivity index (χ0) is 12.0. The summed E-state index contributed by atoms with van der Waals surface area (Å²) in [7, 11) is 0. The Balaban J connectivity index is 2.13. The summed E-state index contributed by atoms with van der Waals surface area (Å²) in [6.07, 6.45) is 6.69. The minimum absolute atomic E-state index is 0.353. The molecule has 90 valence electrons. The lowest BCUT2D eigenvalue weighted by atomic mass is 10.1. The molecule has 1 fully saturated rings. The summed E-state index contributed by atoms with van der Waals surface area (Å²) in [6.45, 7) is 6.26. The van der Waals surface area contributed by atoms with Crippen molar-refractivity contribution >= 4 is 5.65 Å². The van der Waals surface area contributed by atoms with Crippen molar-refractivity contribution in [2.24, 2.45) is 0 Å². The van der Waals surface area contributed by atoms with E-state index in [1.807, 2.05) is 23.7 Å². The minimum atomic E-state index is 0.353. The van der Waals surface area contributed by atoms with Crippen LogP contribution in [0.5, 0.6) is 5.88 Å². The maximum atomic E-state index is 5.85. The number of fused-ring (bicyclic) bond motifs is 1. The van der Waals surface area contributed by atoms with Gasteiger partial charge >= 0.3 is 0 Å². The molecule has 0 N–H and O–H groups in total.